The molecule has 0 saturated heterocycles. The van der Waals surface area contributed by atoms with Crippen molar-refractivity contribution in [2.45, 2.75) is 31.8 Å². The molecule has 1 unspecified atom stereocenters. The smallest absolute Gasteiger partial charge is 0.336 e. The Labute approximate surface area is 156 Å². The number of fused-ring (bicyclic) bond motifs is 1. The number of aromatic amines is 1. The number of hydrogen-bond acceptors (Lipinski definition) is 6. The topological polar surface area (TPSA) is 84.1 Å². The van der Waals surface area contributed by atoms with Gasteiger partial charge in [0.1, 0.15) is 5.82 Å². The highest BCUT2D eigenvalue weighted by Gasteiger charge is 2.36. The van der Waals surface area contributed by atoms with Gasteiger partial charge in [-0.25, -0.2) is 9.78 Å². The molecule has 0 radical (unpaired) electrons. The number of hydrogen-bond donors (Lipinski definition) is 2. The molecule has 0 aliphatic carbocycles. The van der Waals surface area contributed by atoms with Gasteiger partial charge in [-0.2, -0.15) is 0 Å². The molecular weight excluding hydrogens is 350 g/mol. The summed E-state index contributed by atoms with van der Waals surface area (Å²) in [6, 6.07) is 7.79. The summed E-state index contributed by atoms with van der Waals surface area (Å²) in [5.74, 6) is 0.292. The lowest BCUT2D eigenvalue weighted by molar-refractivity contribution is -0.136. The van der Waals surface area contributed by atoms with Gasteiger partial charge in [0.15, 0.2) is 5.16 Å². The number of benzene rings is 1. The number of ether oxygens (including phenoxy) is 1. The minimum Gasteiger partial charge on any atom is -0.466 e. The number of aromatic nitrogens is 2. The van der Waals surface area contributed by atoms with Gasteiger partial charge >= 0.3 is 5.97 Å². The van der Waals surface area contributed by atoms with Gasteiger partial charge in [0, 0.05) is 5.70 Å². The van der Waals surface area contributed by atoms with E-state index in [0.29, 0.717) is 27.8 Å². The summed E-state index contributed by atoms with van der Waals surface area (Å²) < 4.78 is 4.98. The Morgan fingerprint density at radius 1 is 1.27 bits per heavy atom. The van der Waals surface area contributed by atoms with E-state index in [9.17, 15) is 9.59 Å². The highest BCUT2D eigenvalue weighted by molar-refractivity contribution is 7.99. The molecule has 0 fully saturated rings. The standard InChI is InChI=1S/C19H21N3O3S/c1-5-26-19-21-16-15(17(23)22-19)14(12-8-6-10(2)7-9-12)13(11(3)20-16)18(24)25-4/h6-9,14H,5H2,1-4H3,(H2,20,21,22,23). The van der Waals surface area contributed by atoms with Gasteiger partial charge < -0.3 is 15.0 Å². The summed E-state index contributed by atoms with van der Waals surface area (Å²) in [6.07, 6.45) is 0. The van der Waals surface area contributed by atoms with E-state index in [-0.39, 0.29) is 5.56 Å². The SMILES string of the molecule is CCSc1nc2c(c(=O)[nH]1)C(c1ccc(C)cc1)C(C(=O)OC)=C(C)N2. The Bertz CT molecular complexity index is 932. The lowest BCUT2D eigenvalue weighted by atomic mass is 9.82. The molecule has 0 spiro atoms. The maximum Gasteiger partial charge on any atom is 0.336 e. The second kappa shape index (κ2) is 7.37. The van der Waals surface area contributed by atoms with Crippen molar-refractivity contribution in [3.8, 4) is 0 Å². The first kappa shape index (κ1) is 18.3. The van der Waals surface area contributed by atoms with Crippen LogP contribution >= 0.6 is 11.8 Å². The van der Waals surface area contributed by atoms with E-state index in [1.54, 1.807) is 6.92 Å². The average Bonchev–Trinajstić information content (AvgIpc) is 2.61. The van der Waals surface area contributed by atoms with Crippen molar-refractivity contribution in [1.82, 2.24) is 9.97 Å². The minimum atomic E-state index is -0.531. The van der Waals surface area contributed by atoms with Gasteiger partial charge in [-0.05, 0) is 25.2 Å². The molecule has 2 aromatic rings. The summed E-state index contributed by atoms with van der Waals surface area (Å²) in [4.78, 5) is 32.7. The molecule has 1 aliphatic rings. The number of methoxy groups -OCH3 is 1. The Balaban J connectivity index is 2.25. The fraction of sp³-hybridized carbons (Fsp3) is 0.316. The van der Waals surface area contributed by atoms with Crippen molar-refractivity contribution in [3.05, 3.63) is 62.6 Å². The number of carbonyl (C=O) groups excluding carboxylic acids is 1. The molecule has 6 nitrogen and oxygen atoms in total. The van der Waals surface area contributed by atoms with E-state index in [2.05, 4.69) is 15.3 Å². The molecular formula is C19H21N3O3S. The van der Waals surface area contributed by atoms with Crippen LogP contribution in [0.15, 0.2) is 45.5 Å². The summed E-state index contributed by atoms with van der Waals surface area (Å²) >= 11 is 1.46. The van der Waals surface area contributed by atoms with Crippen LogP contribution in [0, 0.1) is 6.92 Å². The molecule has 1 aromatic carbocycles. The van der Waals surface area contributed by atoms with Crippen molar-refractivity contribution in [2.24, 2.45) is 0 Å². The minimum absolute atomic E-state index is 0.252. The van der Waals surface area contributed by atoms with E-state index >= 15 is 0 Å². The molecule has 1 atom stereocenters. The summed E-state index contributed by atoms with van der Waals surface area (Å²) in [7, 11) is 1.34. The van der Waals surface area contributed by atoms with Gasteiger partial charge in [-0.3, -0.25) is 4.79 Å². The molecule has 0 bridgehead atoms. The van der Waals surface area contributed by atoms with Crippen LogP contribution in [0.5, 0.6) is 0 Å². The molecule has 136 valence electrons. The zero-order valence-corrected chi connectivity index (χ0v) is 16.0. The van der Waals surface area contributed by atoms with E-state index in [4.69, 9.17) is 4.74 Å². The number of esters is 1. The van der Waals surface area contributed by atoms with Gasteiger partial charge in [-0.1, -0.05) is 48.5 Å². The summed E-state index contributed by atoms with van der Waals surface area (Å²) in [5, 5.41) is 3.67. The maximum atomic E-state index is 12.8. The van der Waals surface area contributed by atoms with Crippen LogP contribution in [0.2, 0.25) is 0 Å². The van der Waals surface area contributed by atoms with Crippen molar-refractivity contribution in [1.29, 1.82) is 0 Å². The normalized spacial score (nSPS) is 16.1. The fourth-order valence-corrected chi connectivity index (χ4v) is 3.70. The van der Waals surface area contributed by atoms with Crippen molar-refractivity contribution in [3.63, 3.8) is 0 Å². The predicted octanol–water partition coefficient (Wildman–Crippen LogP) is 3.19. The Kier molecular flexibility index (Phi) is 5.18. The van der Waals surface area contributed by atoms with Crippen LogP contribution < -0.4 is 10.9 Å². The molecule has 2 N–H and O–H groups in total. The third kappa shape index (κ3) is 3.26. The number of allylic oxidation sites excluding steroid dienone is 1. The quantitative estimate of drug-likeness (QED) is 0.488. The zero-order valence-electron chi connectivity index (χ0n) is 15.2. The van der Waals surface area contributed by atoms with E-state index in [0.717, 1.165) is 16.9 Å². The zero-order chi connectivity index (χ0) is 18.8. The van der Waals surface area contributed by atoms with Crippen LogP contribution in [0.1, 0.15) is 36.5 Å². The number of rotatable bonds is 4. The first-order valence-corrected chi connectivity index (χ1v) is 9.34. The average molecular weight is 371 g/mol. The lowest BCUT2D eigenvalue weighted by Gasteiger charge is -2.28. The predicted molar refractivity (Wildman–Crippen MR) is 103 cm³/mol. The number of nitrogens with one attached hydrogen (secondary N) is 2. The van der Waals surface area contributed by atoms with Gasteiger partial charge in [0.05, 0.1) is 24.2 Å². The largest absolute Gasteiger partial charge is 0.466 e. The molecule has 0 amide bonds. The number of anilines is 1. The van der Waals surface area contributed by atoms with Crippen LogP contribution in [0.25, 0.3) is 0 Å². The second-order valence-electron chi connectivity index (χ2n) is 6.07. The van der Waals surface area contributed by atoms with E-state index < -0.39 is 11.9 Å². The third-order valence-corrected chi connectivity index (χ3v) is 5.07. The van der Waals surface area contributed by atoms with Gasteiger partial charge in [-0.15, -0.1) is 0 Å². The number of aryl methyl sites for hydroxylation is 1. The van der Waals surface area contributed by atoms with Crippen LogP contribution in [0.3, 0.4) is 0 Å². The maximum absolute atomic E-state index is 12.8. The van der Waals surface area contributed by atoms with Gasteiger partial charge in [0.2, 0.25) is 0 Å². The highest BCUT2D eigenvalue weighted by Crippen LogP contribution is 2.40. The van der Waals surface area contributed by atoms with Crippen LogP contribution in [-0.2, 0) is 9.53 Å². The number of carbonyl (C=O) groups is 1. The first-order valence-electron chi connectivity index (χ1n) is 8.36. The molecule has 2 heterocycles. The molecule has 26 heavy (non-hydrogen) atoms. The lowest BCUT2D eigenvalue weighted by Crippen LogP contribution is -2.31. The van der Waals surface area contributed by atoms with Gasteiger partial charge in [0.25, 0.3) is 5.56 Å². The van der Waals surface area contributed by atoms with E-state index in [1.165, 1.54) is 18.9 Å². The Morgan fingerprint density at radius 2 is 1.96 bits per heavy atom. The molecule has 3 rings (SSSR count). The summed E-state index contributed by atoms with van der Waals surface area (Å²) in [6.45, 7) is 5.78. The third-order valence-electron chi connectivity index (χ3n) is 4.32. The monoisotopic (exact) mass is 371 g/mol. The number of H-pyrrole nitrogens is 1. The molecule has 1 aliphatic heterocycles. The Morgan fingerprint density at radius 3 is 2.58 bits per heavy atom. The molecule has 7 heteroatoms. The van der Waals surface area contributed by atoms with Crippen LogP contribution in [0.4, 0.5) is 5.82 Å². The van der Waals surface area contributed by atoms with Crippen molar-refractivity contribution >= 4 is 23.5 Å². The highest BCUT2D eigenvalue weighted by atomic mass is 32.2. The van der Waals surface area contributed by atoms with Crippen molar-refractivity contribution < 1.29 is 9.53 Å². The fourth-order valence-electron chi connectivity index (χ4n) is 3.11. The number of thioether (sulfide) groups is 1. The first-order chi connectivity index (χ1) is 12.5. The summed E-state index contributed by atoms with van der Waals surface area (Å²) in [5.41, 5.74) is 3.19. The molecule has 0 saturated carbocycles. The number of nitrogens with zero attached hydrogens (tertiary/aromatic N) is 1. The Hall–Kier alpha value is -2.54. The van der Waals surface area contributed by atoms with Crippen molar-refractivity contribution in [2.75, 3.05) is 18.2 Å². The molecule has 1 aromatic heterocycles. The van der Waals surface area contributed by atoms with Crippen LogP contribution in [-0.4, -0.2) is 28.8 Å². The second-order valence-corrected chi connectivity index (χ2v) is 7.32. The van der Waals surface area contributed by atoms with E-state index in [1.807, 2.05) is 38.1 Å².